The number of benzene rings is 1. The first-order chi connectivity index (χ1) is 7.41. The third kappa shape index (κ3) is 1.84. The number of fused-ring (bicyclic) bond motifs is 1. The van der Waals surface area contributed by atoms with E-state index in [1.165, 1.54) is 6.07 Å². The van der Waals surface area contributed by atoms with Crippen molar-refractivity contribution >= 4 is 0 Å². The van der Waals surface area contributed by atoms with E-state index >= 15 is 0 Å². The highest BCUT2D eigenvalue weighted by Crippen LogP contribution is 2.32. The Morgan fingerprint density at radius 2 is 1.94 bits per heavy atom. The number of hydrogen-bond donors (Lipinski definition) is 1. The van der Waals surface area contributed by atoms with Crippen LogP contribution in [-0.2, 0) is 18.4 Å². The fourth-order valence-corrected chi connectivity index (χ4v) is 2.25. The minimum absolute atomic E-state index is 0.204. The Kier molecular flexibility index (Phi) is 2.74. The lowest BCUT2D eigenvalue weighted by molar-refractivity contribution is 0.459. The monoisotopic (exact) mass is 225 g/mol. The first-order valence-corrected chi connectivity index (χ1v) is 5.62. The first-order valence-electron chi connectivity index (χ1n) is 5.62. The molecule has 0 bridgehead atoms. The van der Waals surface area contributed by atoms with Crippen LogP contribution in [0.15, 0.2) is 6.07 Å². The highest BCUT2D eigenvalue weighted by Gasteiger charge is 2.27. The Balaban J connectivity index is 2.63. The summed E-state index contributed by atoms with van der Waals surface area (Å²) in [5.41, 5.74) is 1.15. The lowest BCUT2D eigenvalue weighted by Crippen LogP contribution is -2.27. The molecule has 0 fully saturated rings. The van der Waals surface area contributed by atoms with Crippen LogP contribution in [0.5, 0.6) is 0 Å². The maximum absolute atomic E-state index is 14.2. The number of hydrogen-bond acceptors (Lipinski definition) is 1. The molecule has 1 aliphatic heterocycles. The van der Waals surface area contributed by atoms with Crippen molar-refractivity contribution in [2.75, 3.05) is 6.54 Å². The van der Waals surface area contributed by atoms with Crippen LogP contribution < -0.4 is 5.32 Å². The number of halogens is 2. The zero-order valence-corrected chi connectivity index (χ0v) is 9.95. The second-order valence-corrected chi connectivity index (χ2v) is 5.36. The Morgan fingerprint density at radius 1 is 1.25 bits per heavy atom. The van der Waals surface area contributed by atoms with Crippen LogP contribution in [0.25, 0.3) is 0 Å². The van der Waals surface area contributed by atoms with E-state index in [4.69, 9.17) is 0 Å². The van der Waals surface area contributed by atoms with Gasteiger partial charge in [-0.1, -0.05) is 20.8 Å². The van der Waals surface area contributed by atoms with Crippen LogP contribution in [0, 0.1) is 11.6 Å². The first kappa shape index (κ1) is 11.5. The van der Waals surface area contributed by atoms with Crippen molar-refractivity contribution in [1.29, 1.82) is 0 Å². The van der Waals surface area contributed by atoms with E-state index in [0.717, 1.165) is 12.1 Å². The van der Waals surface area contributed by atoms with Gasteiger partial charge in [0.15, 0.2) is 0 Å². The summed E-state index contributed by atoms with van der Waals surface area (Å²) in [6, 6.07) is 1.50. The van der Waals surface area contributed by atoms with E-state index in [1.54, 1.807) is 0 Å². The second-order valence-electron chi connectivity index (χ2n) is 5.36. The zero-order chi connectivity index (χ0) is 11.9. The molecule has 0 aliphatic carbocycles. The molecule has 1 heterocycles. The van der Waals surface area contributed by atoms with Crippen molar-refractivity contribution in [1.82, 2.24) is 5.32 Å². The van der Waals surface area contributed by atoms with Crippen LogP contribution in [0.4, 0.5) is 8.78 Å². The molecule has 1 aliphatic rings. The summed E-state index contributed by atoms with van der Waals surface area (Å²) in [5, 5.41) is 3.12. The molecule has 1 aromatic carbocycles. The fourth-order valence-electron chi connectivity index (χ4n) is 2.25. The molecule has 0 unspecified atom stereocenters. The van der Waals surface area contributed by atoms with E-state index in [1.807, 2.05) is 20.8 Å². The van der Waals surface area contributed by atoms with Gasteiger partial charge in [-0.15, -0.1) is 0 Å². The predicted molar refractivity (Wildman–Crippen MR) is 60.5 cm³/mol. The molecule has 0 saturated heterocycles. The van der Waals surface area contributed by atoms with Gasteiger partial charge in [0.25, 0.3) is 0 Å². The number of rotatable bonds is 0. The van der Waals surface area contributed by atoms with E-state index in [-0.39, 0.29) is 11.4 Å². The molecular weight excluding hydrogens is 208 g/mol. The van der Waals surface area contributed by atoms with Crippen molar-refractivity contribution in [3.63, 3.8) is 0 Å². The average molecular weight is 225 g/mol. The molecule has 0 aromatic heterocycles. The van der Waals surface area contributed by atoms with Gasteiger partial charge < -0.3 is 5.32 Å². The topological polar surface area (TPSA) is 12.0 Å². The van der Waals surface area contributed by atoms with Gasteiger partial charge in [-0.25, -0.2) is 8.78 Å². The van der Waals surface area contributed by atoms with Crippen LogP contribution in [0.2, 0.25) is 0 Å². The van der Waals surface area contributed by atoms with Gasteiger partial charge in [-0.05, 0) is 30.0 Å². The highest BCUT2D eigenvalue weighted by atomic mass is 19.1. The standard InChI is InChI=1S/C13H17F2N/c1-13(2,3)11-10(14)6-8-4-5-16-7-9(8)12(11)15/h6,16H,4-5,7H2,1-3H3. The third-order valence-corrected chi connectivity index (χ3v) is 3.03. The van der Waals surface area contributed by atoms with E-state index in [0.29, 0.717) is 18.5 Å². The third-order valence-electron chi connectivity index (χ3n) is 3.03. The van der Waals surface area contributed by atoms with Crippen molar-refractivity contribution in [2.24, 2.45) is 0 Å². The highest BCUT2D eigenvalue weighted by molar-refractivity contribution is 5.39. The summed E-state index contributed by atoms with van der Waals surface area (Å²) in [6.45, 7) is 6.79. The average Bonchev–Trinajstić information content (AvgIpc) is 2.15. The van der Waals surface area contributed by atoms with Crippen molar-refractivity contribution in [2.45, 2.75) is 39.2 Å². The molecule has 0 spiro atoms. The van der Waals surface area contributed by atoms with Crippen LogP contribution in [-0.4, -0.2) is 6.54 Å². The van der Waals surface area contributed by atoms with E-state index < -0.39 is 11.2 Å². The zero-order valence-electron chi connectivity index (χ0n) is 9.95. The van der Waals surface area contributed by atoms with Gasteiger partial charge in [0, 0.05) is 17.7 Å². The summed E-state index contributed by atoms with van der Waals surface area (Å²) < 4.78 is 28.1. The molecule has 16 heavy (non-hydrogen) atoms. The molecule has 2 rings (SSSR count). The van der Waals surface area contributed by atoms with Crippen LogP contribution in [0.3, 0.4) is 0 Å². The largest absolute Gasteiger partial charge is 0.312 e. The minimum atomic E-state index is -0.499. The quantitative estimate of drug-likeness (QED) is 0.716. The summed E-state index contributed by atoms with van der Waals surface area (Å²) >= 11 is 0. The Labute approximate surface area is 94.9 Å². The normalized spacial score (nSPS) is 16.1. The fraction of sp³-hybridized carbons (Fsp3) is 0.538. The molecule has 1 aromatic rings. The van der Waals surface area contributed by atoms with Gasteiger partial charge in [0.05, 0.1) is 0 Å². The summed E-state index contributed by atoms with van der Waals surface area (Å²) in [5.74, 6) is -0.777. The van der Waals surface area contributed by atoms with Gasteiger partial charge >= 0.3 is 0 Å². The van der Waals surface area contributed by atoms with Crippen molar-refractivity contribution in [3.05, 3.63) is 34.4 Å². The molecule has 88 valence electrons. The maximum atomic E-state index is 14.2. The summed E-state index contributed by atoms with van der Waals surface area (Å²) in [4.78, 5) is 0. The summed E-state index contributed by atoms with van der Waals surface area (Å²) in [6.07, 6.45) is 0.702. The second kappa shape index (κ2) is 3.81. The van der Waals surface area contributed by atoms with Crippen molar-refractivity contribution in [3.8, 4) is 0 Å². The smallest absolute Gasteiger partial charge is 0.134 e. The molecule has 0 amide bonds. The Hall–Kier alpha value is -0.960. The van der Waals surface area contributed by atoms with Gasteiger partial charge in [-0.2, -0.15) is 0 Å². The van der Waals surface area contributed by atoms with Crippen molar-refractivity contribution < 1.29 is 8.78 Å². The Bertz CT molecular complexity index is 419. The summed E-state index contributed by atoms with van der Waals surface area (Å²) in [7, 11) is 0. The van der Waals surface area contributed by atoms with E-state index in [2.05, 4.69) is 5.32 Å². The van der Waals surface area contributed by atoms with Gasteiger partial charge in [0.1, 0.15) is 11.6 Å². The molecule has 3 heteroatoms. The Morgan fingerprint density at radius 3 is 2.56 bits per heavy atom. The maximum Gasteiger partial charge on any atom is 0.134 e. The lowest BCUT2D eigenvalue weighted by atomic mass is 9.83. The van der Waals surface area contributed by atoms with Crippen LogP contribution >= 0.6 is 0 Å². The predicted octanol–water partition coefficient (Wildman–Crippen LogP) is 2.91. The molecule has 0 saturated carbocycles. The lowest BCUT2D eigenvalue weighted by Gasteiger charge is -2.26. The molecular formula is C13H17F2N. The van der Waals surface area contributed by atoms with Gasteiger partial charge in [-0.3, -0.25) is 0 Å². The molecule has 1 N–H and O–H groups in total. The number of nitrogens with one attached hydrogen (secondary N) is 1. The minimum Gasteiger partial charge on any atom is -0.312 e. The molecule has 1 nitrogen and oxygen atoms in total. The molecule has 0 atom stereocenters. The SMILES string of the molecule is CC(C)(C)c1c(F)cc2c(c1F)CNCC2. The van der Waals surface area contributed by atoms with E-state index in [9.17, 15) is 8.78 Å². The van der Waals surface area contributed by atoms with Crippen LogP contribution in [0.1, 0.15) is 37.5 Å². The van der Waals surface area contributed by atoms with Gasteiger partial charge in [0.2, 0.25) is 0 Å². The molecule has 0 radical (unpaired) electrons.